The molecule has 0 fully saturated rings. The first kappa shape index (κ1) is 17.9. The van der Waals surface area contributed by atoms with Gasteiger partial charge in [-0.25, -0.2) is 4.79 Å². The minimum atomic E-state index is -0.611. The summed E-state index contributed by atoms with van der Waals surface area (Å²) in [6.45, 7) is 5.56. The van der Waals surface area contributed by atoms with Gasteiger partial charge in [0, 0.05) is 17.3 Å². The van der Waals surface area contributed by atoms with Gasteiger partial charge in [0.25, 0.3) is 0 Å². The quantitative estimate of drug-likeness (QED) is 0.748. The molecule has 0 radical (unpaired) electrons. The maximum atomic E-state index is 12.0. The number of rotatable bonds is 6. The number of aromatic nitrogens is 2. The normalized spacial score (nSPS) is 13.0. The van der Waals surface area contributed by atoms with Crippen molar-refractivity contribution in [3.05, 3.63) is 29.8 Å². The zero-order valence-electron chi connectivity index (χ0n) is 13.9. The van der Waals surface area contributed by atoms with Gasteiger partial charge < -0.3 is 16.0 Å². The summed E-state index contributed by atoms with van der Waals surface area (Å²) in [5.74, 6) is -0.203. The van der Waals surface area contributed by atoms with Crippen LogP contribution >= 0.6 is 11.3 Å². The molecule has 0 aliphatic heterocycles. The summed E-state index contributed by atoms with van der Waals surface area (Å²) in [4.78, 5) is 23.9. The lowest BCUT2D eigenvalue weighted by Crippen LogP contribution is -2.48. The molecule has 0 bridgehead atoms. The summed E-state index contributed by atoms with van der Waals surface area (Å²) in [5.41, 5.74) is 3.24. The molecule has 3 N–H and O–H groups in total. The molecule has 0 spiro atoms. The lowest BCUT2D eigenvalue weighted by atomic mass is 10.2. The third kappa shape index (κ3) is 5.02. The first-order valence-corrected chi connectivity index (χ1v) is 8.62. The van der Waals surface area contributed by atoms with E-state index in [0.29, 0.717) is 5.69 Å². The van der Waals surface area contributed by atoms with E-state index in [4.69, 9.17) is 0 Å². The molecule has 2 rings (SSSR count). The Morgan fingerprint density at radius 2 is 1.88 bits per heavy atom. The number of amides is 3. The van der Waals surface area contributed by atoms with E-state index in [1.807, 2.05) is 26.0 Å². The van der Waals surface area contributed by atoms with Crippen molar-refractivity contribution in [2.24, 2.45) is 0 Å². The number of hydrogen-bond donors (Lipinski definition) is 3. The molecule has 128 valence electrons. The zero-order chi connectivity index (χ0) is 17.5. The Morgan fingerprint density at radius 3 is 2.46 bits per heavy atom. The number of hydrogen-bond acceptors (Lipinski definition) is 5. The molecule has 1 heterocycles. The third-order valence-corrected chi connectivity index (χ3v) is 4.23. The Morgan fingerprint density at radius 1 is 1.17 bits per heavy atom. The number of nitrogens with zero attached hydrogens (tertiary/aromatic N) is 2. The number of benzene rings is 1. The van der Waals surface area contributed by atoms with Crippen LogP contribution in [-0.4, -0.2) is 34.2 Å². The molecule has 24 heavy (non-hydrogen) atoms. The second-order valence-electron chi connectivity index (χ2n) is 5.46. The van der Waals surface area contributed by atoms with Crippen LogP contribution in [0.4, 0.5) is 10.5 Å². The average Bonchev–Trinajstić information content (AvgIpc) is 3.09. The molecule has 1 aromatic carbocycles. The monoisotopic (exact) mass is 347 g/mol. The lowest BCUT2D eigenvalue weighted by Gasteiger charge is -2.17. The average molecular weight is 347 g/mol. The summed E-state index contributed by atoms with van der Waals surface area (Å²) in [6, 6.07) is 6.31. The van der Waals surface area contributed by atoms with Gasteiger partial charge in [0.1, 0.15) is 16.6 Å². The molecule has 0 aliphatic carbocycles. The highest BCUT2D eigenvalue weighted by atomic mass is 32.1. The van der Waals surface area contributed by atoms with Crippen LogP contribution in [0.15, 0.2) is 29.8 Å². The minimum Gasteiger partial charge on any atom is -0.352 e. The molecule has 1 aromatic heterocycles. The summed E-state index contributed by atoms with van der Waals surface area (Å²) in [6.07, 6.45) is 0.839. The maximum Gasteiger partial charge on any atom is 0.319 e. The molecule has 0 unspecified atom stereocenters. The van der Waals surface area contributed by atoms with Gasteiger partial charge in [0.15, 0.2) is 0 Å². The highest BCUT2D eigenvalue weighted by Gasteiger charge is 2.16. The Balaban J connectivity index is 1.87. The van der Waals surface area contributed by atoms with E-state index >= 15 is 0 Å². The van der Waals surface area contributed by atoms with Crippen LogP contribution in [0, 0.1) is 0 Å². The molecular weight excluding hydrogens is 326 g/mol. The Labute approximate surface area is 144 Å². The van der Waals surface area contributed by atoms with Crippen molar-refractivity contribution in [3.8, 4) is 10.6 Å². The maximum absolute atomic E-state index is 12.0. The van der Waals surface area contributed by atoms with E-state index in [2.05, 4.69) is 26.1 Å². The molecule has 7 nitrogen and oxygen atoms in total. The first-order chi connectivity index (χ1) is 11.5. The highest BCUT2D eigenvalue weighted by molar-refractivity contribution is 7.12. The van der Waals surface area contributed by atoms with E-state index in [-0.39, 0.29) is 11.9 Å². The van der Waals surface area contributed by atoms with Crippen molar-refractivity contribution in [1.82, 2.24) is 20.8 Å². The van der Waals surface area contributed by atoms with E-state index in [0.717, 1.165) is 17.0 Å². The van der Waals surface area contributed by atoms with Crippen molar-refractivity contribution >= 4 is 29.0 Å². The Kier molecular flexibility index (Phi) is 6.25. The molecule has 0 aliphatic rings. The van der Waals surface area contributed by atoms with Gasteiger partial charge in [-0.3, -0.25) is 4.79 Å². The molecule has 3 amide bonds. The second kappa shape index (κ2) is 8.39. The predicted molar refractivity (Wildman–Crippen MR) is 94.9 cm³/mol. The second-order valence-corrected chi connectivity index (χ2v) is 6.29. The number of carbonyl (C=O) groups excluding carboxylic acids is 2. The van der Waals surface area contributed by atoms with Crippen LogP contribution in [-0.2, 0) is 4.79 Å². The fourth-order valence-electron chi connectivity index (χ4n) is 1.89. The summed E-state index contributed by atoms with van der Waals surface area (Å²) in [7, 11) is 0. The lowest BCUT2D eigenvalue weighted by molar-refractivity contribution is -0.123. The summed E-state index contributed by atoms with van der Waals surface area (Å²) < 4.78 is 0. The van der Waals surface area contributed by atoms with Crippen LogP contribution in [0.2, 0.25) is 0 Å². The van der Waals surface area contributed by atoms with E-state index < -0.39 is 12.1 Å². The number of carbonyl (C=O) groups is 2. The van der Waals surface area contributed by atoms with Crippen molar-refractivity contribution < 1.29 is 9.59 Å². The van der Waals surface area contributed by atoms with Crippen LogP contribution in [0.3, 0.4) is 0 Å². The van der Waals surface area contributed by atoms with Gasteiger partial charge in [-0.15, -0.1) is 10.2 Å². The standard InChI is InChI=1S/C16H21N5O2S/c1-4-10(2)18-14(22)11(3)19-16(23)20-13-7-5-12(6-8-13)15-21-17-9-24-15/h5-11H,4H2,1-3H3,(H,18,22)(H2,19,20,23)/t10-,11+/m0/s1. The first-order valence-electron chi connectivity index (χ1n) is 7.74. The van der Waals surface area contributed by atoms with Gasteiger partial charge in [0.05, 0.1) is 0 Å². The SMILES string of the molecule is CC[C@H](C)NC(=O)[C@@H](C)NC(=O)Nc1ccc(-c2nncs2)cc1. The van der Waals surface area contributed by atoms with Gasteiger partial charge in [0.2, 0.25) is 5.91 Å². The smallest absolute Gasteiger partial charge is 0.319 e. The minimum absolute atomic E-state index is 0.0812. The fraction of sp³-hybridized carbons (Fsp3) is 0.375. The number of nitrogens with one attached hydrogen (secondary N) is 3. The van der Waals surface area contributed by atoms with E-state index in [1.165, 1.54) is 11.3 Å². The van der Waals surface area contributed by atoms with Crippen LogP contribution in [0.1, 0.15) is 27.2 Å². The largest absolute Gasteiger partial charge is 0.352 e. The van der Waals surface area contributed by atoms with Crippen molar-refractivity contribution in [1.29, 1.82) is 0 Å². The van der Waals surface area contributed by atoms with Gasteiger partial charge in [-0.1, -0.05) is 18.3 Å². The third-order valence-electron chi connectivity index (χ3n) is 3.49. The van der Waals surface area contributed by atoms with E-state index in [9.17, 15) is 9.59 Å². The van der Waals surface area contributed by atoms with Crippen LogP contribution in [0.5, 0.6) is 0 Å². The molecule has 8 heteroatoms. The molecule has 2 aromatic rings. The molecule has 2 atom stereocenters. The number of anilines is 1. The fourth-order valence-corrected chi connectivity index (χ4v) is 2.45. The molecule has 0 saturated heterocycles. The number of urea groups is 1. The van der Waals surface area contributed by atoms with Crippen LogP contribution < -0.4 is 16.0 Å². The zero-order valence-corrected chi connectivity index (χ0v) is 14.7. The van der Waals surface area contributed by atoms with Crippen molar-refractivity contribution in [3.63, 3.8) is 0 Å². The van der Waals surface area contributed by atoms with Crippen molar-refractivity contribution in [2.75, 3.05) is 5.32 Å². The summed E-state index contributed by atoms with van der Waals surface area (Å²) in [5, 5.41) is 16.8. The Hall–Kier alpha value is -2.48. The van der Waals surface area contributed by atoms with Gasteiger partial charge in [-0.2, -0.15) is 0 Å². The van der Waals surface area contributed by atoms with E-state index in [1.54, 1.807) is 24.6 Å². The van der Waals surface area contributed by atoms with Crippen LogP contribution in [0.25, 0.3) is 10.6 Å². The van der Waals surface area contributed by atoms with Gasteiger partial charge in [-0.05, 0) is 44.5 Å². The molecular formula is C16H21N5O2S. The van der Waals surface area contributed by atoms with Gasteiger partial charge >= 0.3 is 6.03 Å². The molecule has 0 saturated carbocycles. The topological polar surface area (TPSA) is 96.0 Å². The summed E-state index contributed by atoms with van der Waals surface area (Å²) >= 11 is 1.45. The predicted octanol–water partition coefficient (Wildman–Crippen LogP) is 2.63. The Bertz CT molecular complexity index is 672. The highest BCUT2D eigenvalue weighted by Crippen LogP contribution is 2.22. The van der Waals surface area contributed by atoms with Crippen molar-refractivity contribution in [2.45, 2.75) is 39.3 Å².